The summed E-state index contributed by atoms with van der Waals surface area (Å²) in [5.74, 6) is -1.33. The van der Waals surface area contributed by atoms with Crippen molar-refractivity contribution < 1.29 is 23.1 Å². The van der Waals surface area contributed by atoms with Gasteiger partial charge in [0, 0.05) is 13.1 Å². The first-order valence-corrected chi connectivity index (χ1v) is 8.02. The highest BCUT2D eigenvalue weighted by atomic mass is 19.4. The van der Waals surface area contributed by atoms with Crippen LogP contribution in [0.5, 0.6) is 0 Å². The molecule has 22 heavy (non-hydrogen) atoms. The lowest BCUT2D eigenvalue weighted by molar-refractivity contribution is -0.188. The van der Waals surface area contributed by atoms with Crippen molar-refractivity contribution in [1.29, 1.82) is 0 Å². The SMILES string of the molecule is CC(O)C1CCN(CC(=O)N2CCCC(C(F)(F)F)C2)CC1. The van der Waals surface area contributed by atoms with E-state index in [9.17, 15) is 23.1 Å². The number of rotatable bonds is 3. The Hall–Kier alpha value is -0.820. The standard InChI is InChI=1S/C15H25F3N2O2/c1-11(21)12-4-7-19(8-5-12)10-14(22)20-6-2-3-13(9-20)15(16,17)18/h11-13,21H,2-10H2,1H3. The molecular formula is C15H25F3N2O2. The Morgan fingerprint density at radius 3 is 2.41 bits per heavy atom. The molecule has 0 saturated carbocycles. The third-order valence-electron chi connectivity index (χ3n) is 4.91. The zero-order chi connectivity index (χ0) is 16.3. The zero-order valence-corrected chi connectivity index (χ0v) is 13.0. The van der Waals surface area contributed by atoms with Crippen LogP contribution in [0.3, 0.4) is 0 Å². The van der Waals surface area contributed by atoms with Crippen molar-refractivity contribution in [1.82, 2.24) is 9.80 Å². The minimum atomic E-state index is -4.21. The molecule has 2 unspecified atom stereocenters. The van der Waals surface area contributed by atoms with E-state index in [0.717, 1.165) is 25.9 Å². The molecule has 128 valence electrons. The quantitative estimate of drug-likeness (QED) is 0.863. The molecule has 0 spiro atoms. The fraction of sp³-hybridized carbons (Fsp3) is 0.933. The van der Waals surface area contributed by atoms with Crippen LogP contribution < -0.4 is 0 Å². The second-order valence-electron chi connectivity index (χ2n) is 6.57. The van der Waals surface area contributed by atoms with Gasteiger partial charge >= 0.3 is 6.18 Å². The normalized spacial score (nSPS) is 27.0. The number of halogens is 3. The summed E-state index contributed by atoms with van der Waals surface area (Å²) in [4.78, 5) is 15.6. The van der Waals surface area contributed by atoms with Crippen molar-refractivity contribution in [2.45, 2.75) is 44.9 Å². The lowest BCUT2D eigenvalue weighted by atomic mass is 9.92. The van der Waals surface area contributed by atoms with Crippen LogP contribution in [0.2, 0.25) is 0 Å². The summed E-state index contributed by atoms with van der Waals surface area (Å²) in [7, 11) is 0. The van der Waals surface area contributed by atoms with Crippen LogP contribution in [0.25, 0.3) is 0 Å². The number of piperidine rings is 2. The Morgan fingerprint density at radius 1 is 1.23 bits per heavy atom. The molecule has 7 heteroatoms. The number of alkyl halides is 3. The number of hydrogen-bond acceptors (Lipinski definition) is 3. The van der Waals surface area contributed by atoms with Crippen molar-refractivity contribution in [2.75, 3.05) is 32.7 Å². The van der Waals surface area contributed by atoms with Crippen LogP contribution in [0.15, 0.2) is 0 Å². The Morgan fingerprint density at radius 2 is 1.86 bits per heavy atom. The molecule has 0 aromatic heterocycles. The minimum Gasteiger partial charge on any atom is -0.393 e. The van der Waals surface area contributed by atoms with Crippen molar-refractivity contribution in [2.24, 2.45) is 11.8 Å². The van der Waals surface area contributed by atoms with Crippen LogP contribution in [-0.4, -0.2) is 65.8 Å². The first-order chi connectivity index (χ1) is 10.3. The van der Waals surface area contributed by atoms with Gasteiger partial charge in [-0.25, -0.2) is 0 Å². The van der Waals surface area contributed by atoms with E-state index in [4.69, 9.17) is 0 Å². The molecule has 0 aliphatic carbocycles. The number of carbonyl (C=O) groups excluding carboxylic acids is 1. The van der Waals surface area contributed by atoms with Gasteiger partial charge in [0.2, 0.25) is 5.91 Å². The maximum absolute atomic E-state index is 12.8. The molecule has 2 atom stereocenters. The summed E-state index contributed by atoms with van der Waals surface area (Å²) in [5.41, 5.74) is 0. The van der Waals surface area contributed by atoms with E-state index in [1.807, 2.05) is 4.90 Å². The van der Waals surface area contributed by atoms with Gasteiger partial charge in [-0.3, -0.25) is 9.69 Å². The molecule has 1 amide bonds. The monoisotopic (exact) mass is 322 g/mol. The van der Waals surface area contributed by atoms with E-state index >= 15 is 0 Å². The number of aliphatic hydroxyl groups is 1. The number of nitrogens with zero attached hydrogens (tertiary/aromatic N) is 2. The average molecular weight is 322 g/mol. The summed E-state index contributed by atoms with van der Waals surface area (Å²) in [5, 5.41) is 9.55. The van der Waals surface area contributed by atoms with Gasteiger partial charge in [0.05, 0.1) is 18.6 Å². The molecule has 2 heterocycles. The summed E-state index contributed by atoms with van der Waals surface area (Å²) in [6.45, 7) is 3.63. The molecule has 0 bridgehead atoms. The molecule has 0 radical (unpaired) electrons. The number of hydrogen-bond donors (Lipinski definition) is 1. The van der Waals surface area contributed by atoms with Crippen molar-refractivity contribution in [3.8, 4) is 0 Å². The van der Waals surface area contributed by atoms with Crippen molar-refractivity contribution in [3.05, 3.63) is 0 Å². The van der Waals surface area contributed by atoms with Gasteiger partial charge in [-0.15, -0.1) is 0 Å². The van der Waals surface area contributed by atoms with Crippen LogP contribution in [0, 0.1) is 11.8 Å². The Labute approximate surface area is 129 Å². The third-order valence-corrected chi connectivity index (χ3v) is 4.91. The molecule has 0 aromatic carbocycles. The van der Waals surface area contributed by atoms with Gasteiger partial charge in [0.25, 0.3) is 0 Å². The van der Waals surface area contributed by atoms with Gasteiger partial charge in [-0.05, 0) is 51.6 Å². The number of likely N-dealkylation sites (tertiary alicyclic amines) is 2. The second-order valence-corrected chi connectivity index (χ2v) is 6.57. The molecule has 2 aliphatic heterocycles. The van der Waals surface area contributed by atoms with E-state index in [2.05, 4.69) is 0 Å². The molecule has 4 nitrogen and oxygen atoms in total. The smallest absolute Gasteiger partial charge is 0.393 e. The van der Waals surface area contributed by atoms with Crippen molar-refractivity contribution in [3.63, 3.8) is 0 Å². The lowest BCUT2D eigenvalue weighted by Gasteiger charge is -2.37. The fourth-order valence-corrected chi connectivity index (χ4v) is 3.36. The predicted molar refractivity (Wildman–Crippen MR) is 76.2 cm³/mol. The fourth-order valence-electron chi connectivity index (χ4n) is 3.36. The first-order valence-electron chi connectivity index (χ1n) is 8.02. The molecule has 2 aliphatic rings. The molecule has 2 fully saturated rings. The molecule has 2 rings (SSSR count). The Balaban J connectivity index is 1.80. The van der Waals surface area contributed by atoms with E-state index in [1.165, 1.54) is 4.90 Å². The van der Waals surface area contributed by atoms with Crippen molar-refractivity contribution >= 4 is 5.91 Å². The highest BCUT2D eigenvalue weighted by molar-refractivity contribution is 5.78. The first kappa shape index (κ1) is 17.5. The highest BCUT2D eigenvalue weighted by Gasteiger charge is 2.42. The van der Waals surface area contributed by atoms with Crippen LogP contribution in [0.1, 0.15) is 32.6 Å². The largest absolute Gasteiger partial charge is 0.393 e. The van der Waals surface area contributed by atoms with E-state index in [0.29, 0.717) is 13.0 Å². The maximum atomic E-state index is 12.8. The van der Waals surface area contributed by atoms with E-state index in [-0.39, 0.29) is 37.4 Å². The predicted octanol–water partition coefficient (Wildman–Crippen LogP) is 1.88. The number of aliphatic hydroxyl groups excluding tert-OH is 1. The topological polar surface area (TPSA) is 43.8 Å². The lowest BCUT2D eigenvalue weighted by Crippen LogP contribution is -2.49. The number of amides is 1. The third kappa shape index (κ3) is 4.59. The average Bonchev–Trinajstić information content (AvgIpc) is 2.47. The van der Waals surface area contributed by atoms with Gasteiger partial charge < -0.3 is 10.0 Å². The van der Waals surface area contributed by atoms with Gasteiger partial charge in [-0.1, -0.05) is 0 Å². The summed E-state index contributed by atoms with van der Waals surface area (Å²) >= 11 is 0. The van der Waals surface area contributed by atoms with E-state index < -0.39 is 12.1 Å². The molecule has 2 saturated heterocycles. The summed E-state index contributed by atoms with van der Waals surface area (Å²) in [6.07, 6.45) is -2.36. The Bertz CT molecular complexity index is 379. The Kier molecular flexibility index (Phi) is 5.71. The van der Waals surface area contributed by atoms with E-state index in [1.54, 1.807) is 6.92 Å². The summed E-state index contributed by atoms with van der Waals surface area (Å²) in [6, 6.07) is 0. The van der Waals surface area contributed by atoms with Gasteiger partial charge in [0.1, 0.15) is 0 Å². The van der Waals surface area contributed by atoms with Gasteiger partial charge in [-0.2, -0.15) is 13.2 Å². The zero-order valence-electron chi connectivity index (χ0n) is 13.0. The molecule has 0 aromatic rings. The summed E-state index contributed by atoms with van der Waals surface area (Å²) < 4.78 is 38.3. The van der Waals surface area contributed by atoms with Crippen LogP contribution in [-0.2, 0) is 4.79 Å². The highest BCUT2D eigenvalue weighted by Crippen LogP contribution is 2.33. The number of carbonyl (C=O) groups is 1. The molecule has 1 N–H and O–H groups in total. The van der Waals surface area contributed by atoms with Crippen LogP contribution >= 0.6 is 0 Å². The molecular weight excluding hydrogens is 297 g/mol. The van der Waals surface area contributed by atoms with Crippen LogP contribution in [0.4, 0.5) is 13.2 Å². The maximum Gasteiger partial charge on any atom is 0.393 e. The second kappa shape index (κ2) is 7.17. The minimum absolute atomic E-state index is 0.118. The van der Waals surface area contributed by atoms with Gasteiger partial charge in [0.15, 0.2) is 0 Å².